The van der Waals surface area contributed by atoms with Crippen LogP contribution < -0.4 is 19.5 Å². The first-order valence-corrected chi connectivity index (χ1v) is 10.9. The largest absolute Gasteiger partial charge is 0.497 e. The van der Waals surface area contributed by atoms with Crippen LogP contribution in [0.4, 0.5) is 0 Å². The van der Waals surface area contributed by atoms with Crippen molar-refractivity contribution in [3.63, 3.8) is 0 Å². The molecule has 7 nitrogen and oxygen atoms in total. The maximum absolute atomic E-state index is 12.8. The van der Waals surface area contributed by atoms with Gasteiger partial charge >= 0.3 is 0 Å². The summed E-state index contributed by atoms with van der Waals surface area (Å²) < 4.78 is 15.7. The first kappa shape index (κ1) is 23.6. The number of benzene rings is 2. The Morgan fingerprint density at radius 1 is 0.969 bits per heavy atom. The molecular weight excluding hydrogens is 408 g/mol. The molecule has 0 spiro atoms. The van der Waals surface area contributed by atoms with E-state index in [9.17, 15) is 9.59 Å². The second kappa shape index (κ2) is 11.0. The minimum absolute atomic E-state index is 0.0123. The van der Waals surface area contributed by atoms with Crippen LogP contribution in [0.2, 0.25) is 0 Å². The molecule has 0 aliphatic carbocycles. The molecule has 7 heteroatoms. The maximum atomic E-state index is 12.8. The number of amides is 1. The fourth-order valence-electron chi connectivity index (χ4n) is 4.03. The zero-order chi connectivity index (χ0) is 23.1. The van der Waals surface area contributed by atoms with Crippen molar-refractivity contribution in [1.29, 1.82) is 0 Å². The van der Waals surface area contributed by atoms with E-state index in [2.05, 4.69) is 10.2 Å². The van der Waals surface area contributed by atoms with Gasteiger partial charge in [-0.2, -0.15) is 0 Å². The smallest absolute Gasteiger partial charge is 0.237 e. The van der Waals surface area contributed by atoms with E-state index in [1.54, 1.807) is 21.3 Å². The normalized spacial score (nSPS) is 15.6. The third-order valence-electron chi connectivity index (χ3n) is 6.12. The maximum Gasteiger partial charge on any atom is 0.237 e. The molecule has 172 valence electrons. The molecule has 1 aliphatic rings. The van der Waals surface area contributed by atoms with Crippen LogP contribution in [0, 0.1) is 5.92 Å². The van der Waals surface area contributed by atoms with Crippen LogP contribution >= 0.6 is 0 Å². The number of Topliss-reactive ketones (excluding diaryl/α,β-unsaturated/α-hetero) is 1. The predicted octanol–water partition coefficient (Wildman–Crippen LogP) is 3.31. The Labute approximate surface area is 189 Å². The number of rotatable bonds is 9. The highest BCUT2D eigenvalue weighted by atomic mass is 16.5. The lowest BCUT2D eigenvalue weighted by Crippen LogP contribution is -2.48. The van der Waals surface area contributed by atoms with Crippen molar-refractivity contribution in [2.45, 2.75) is 32.4 Å². The molecule has 0 radical (unpaired) electrons. The van der Waals surface area contributed by atoms with Gasteiger partial charge in [0, 0.05) is 18.0 Å². The molecule has 0 bridgehead atoms. The van der Waals surface area contributed by atoms with Gasteiger partial charge in [0.15, 0.2) is 17.3 Å². The Kier molecular flexibility index (Phi) is 8.11. The molecule has 1 aliphatic heterocycles. The first-order chi connectivity index (χ1) is 15.5. The number of nitrogens with one attached hydrogen (secondary N) is 1. The molecule has 1 fully saturated rings. The third kappa shape index (κ3) is 5.59. The van der Waals surface area contributed by atoms with E-state index in [0.717, 1.165) is 37.2 Å². The molecule has 2 aromatic carbocycles. The molecule has 32 heavy (non-hydrogen) atoms. The lowest BCUT2D eigenvalue weighted by molar-refractivity contribution is -0.126. The summed E-state index contributed by atoms with van der Waals surface area (Å²) in [5.41, 5.74) is 1.65. The molecule has 1 heterocycles. The topological polar surface area (TPSA) is 77.1 Å². The fourth-order valence-corrected chi connectivity index (χ4v) is 4.03. The van der Waals surface area contributed by atoms with Crippen molar-refractivity contribution in [3.8, 4) is 17.2 Å². The summed E-state index contributed by atoms with van der Waals surface area (Å²) in [6.07, 6.45) is 1.50. The summed E-state index contributed by atoms with van der Waals surface area (Å²) in [6, 6.07) is 12.6. The second-order valence-corrected chi connectivity index (χ2v) is 7.99. The van der Waals surface area contributed by atoms with Gasteiger partial charge < -0.3 is 19.5 Å². The minimum Gasteiger partial charge on any atom is -0.497 e. The Morgan fingerprint density at radius 2 is 1.62 bits per heavy atom. The SMILES string of the molecule is COc1ccc(C(=O)C2CCN(C(C)C(=O)NCc3ccc(OC)c(OC)c3)CC2)cc1. The number of likely N-dealkylation sites (tertiary alicyclic amines) is 1. The van der Waals surface area contributed by atoms with E-state index in [1.165, 1.54) is 0 Å². The van der Waals surface area contributed by atoms with Crippen LogP contribution in [0.5, 0.6) is 17.2 Å². The van der Waals surface area contributed by atoms with E-state index in [1.807, 2.05) is 49.4 Å². The van der Waals surface area contributed by atoms with Crippen molar-refractivity contribution in [2.24, 2.45) is 5.92 Å². The molecular formula is C25H32N2O5. The molecule has 1 atom stereocenters. The van der Waals surface area contributed by atoms with Crippen molar-refractivity contribution in [3.05, 3.63) is 53.6 Å². The third-order valence-corrected chi connectivity index (χ3v) is 6.12. The second-order valence-electron chi connectivity index (χ2n) is 7.99. The van der Waals surface area contributed by atoms with Gasteiger partial charge in [-0.1, -0.05) is 6.07 Å². The molecule has 1 amide bonds. The van der Waals surface area contributed by atoms with Gasteiger partial charge in [-0.25, -0.2) is 0 Å². The van der Waals surface area contributed by atoms with E-state index in [-0.39, 0.29) is 23.7 Å². The number of ketones is 1. The number of ether oxygens (including phenoxy) is 3. The monoisotopic (exact) mass is 440 g/mol. The molecule has 0 aromatic heterocycles. The van der Waals surface area contributed by atoms with Gasteiger partial charge in [-0.3, -0.25) is 14.5 Å². The summed E-state index contributed by atoms with van der Waals surface area (Å²) in [5.74, 6) is 2.16. The summed E-state index contributed by atoms with van der Waals surface area (Å²) >= 11 is 0. The zero-order valence-corrected chi connectivity index (χ0v) is 19.2. The van der Waals surface area contributed by atoms with Crippen LogP contribution in [0.1, 0.15) is 35.7 Å². The lowest BCUT2D eigenvalue weighted by atomic mass is 9.88. The van der Waals surface area contributed by atoms with Crippen LogP contribution in [-0.2, 0) is 11.3 Å². The van der Waals surface area contributed by atoms with Gasteiger partial charge in [-0.15, -0.1) is 0 Å². The fraction of sp³-hybridized carbons (Fsp3) is 0.440. The van der Waals surface area contributed by atoms with E-state index in [4.69, 9.17) is 14.2 Å². The van der Waals surface area contributed by atoms with Crippen LogP contribution in [0.15, 0.2) is 42.5 Å². The molecule has 0 saturated carbocycles. The number of carbonyl (C=O) groups excluding carboxylic acids is 2. The van der Waals surface area contributed by atoms with Crippen molar-refractivity contribution in [1.82, 2.24) is 10.2 Å². The molecule has 1 saturated heterocycles. The number of carbonyl (C=O) groups is 2. The van der Waals surface area contributed by atoms with Gasteiger partial charge in [0.2, 0.25) is 5.91 Å². The highest BCUT2D eigenvalue weighted by Crippen LogP contribution is 2.28. The first-order valence-electron chi connectivity index (χ1n) is 10.9. The number of hydrogen-bond acceptors (Lipinski definition) is 6. The van der Waals surface area contributed by atoms with Crippen LogP contribution in [0.25, 0.3) is 0 Å². The lowest BCUT2D eigenvalue weighted by Gasteiger charge is -2.34. The summed E-state index contributed by atoms with van der Waals surface area (Å²) in [7, 11) is 4.79. The van der Waals surface area contributed by atoms with Gasteiger partial charge in [0.05, 0.1) is 27.4 Å². The Morgan fingerprint density at radius 3 is 2.22 bits per heavy atom. The van der Waals surface area contributed by atoms with Gasteiger partial charge in [-0.05, 0) is 74.8 Å². The molecule has 1 unspecified atom stereocenters. The average Bonchev–Trinajstić information content (AvgIpc) is 2.86. The Bertz CT molecular complexity index is 920. The average molecular weight is 441 g/mol. The molecule has 1 N–H and O–H groups in total. The van der Waals surface area contributed by atoms with Crippen molar-refractivity contribution in [2.75, 3.05) is 34.4 Å². The summed E-state index contributed by atoms with van der Waals surface area (Å²) in [6.45, 7) is 3.76. The summed E-state index contributed by atoms with van der Waals surface area (Å²) in [5, 5.41) is 3.00. The molecule has 3 rings (SSSR count). The standard InChI is InChI=1S/C25H32N2O5/c1-17(25(29)26-16-18-5-10-22(31-3)23(15-18)32-4)27-13-11-20(12-14-27)24(28)19-6-8-21(30-2)9-7-19/h5-10,15,17,20H,11-14,16H2,1-4H3,(H,26,29). The van der Waals surface area contributed by atoms with Crippen molar-refractivity contribution >= 4 is 11.7 Å². The minimum atomic E-state index is -0.257. The Balaban J connectivity index is 1.49. The van der Waals surface area contributed by atoms with Crippen molar-refractivity contribution < 1.29 is 23.8 Å². The van der Waals surface area contributed by atoms with Crippen LogP contribution in [-0.4, -0.2) is 57.1 Å². The van der Waals surface area contributed by atoms with Crippen LogP contribution in [0.3, 0.4) is 0 Å². The summed E-state index contributed by atoms with van der Waals surface area (Å²) in [4.78, 5) is 27.7. The number of methoxy groups -OCH3 is 3. The highest BCUT2D eigenvalue weighted by molar-refractivity contribution is 5.98. The number of hydrogen-bond donors (Lipinski definition) is 1. The molecule has 2 aromatic rings. The number of nitrogens with zero attached hydrogens (tertiary/aromatic N) is 1. The van der Waals surface area contributed by atoms with Gasteiger partial charge in [0.25, 0.3) is 0 Å². The van der Waals surface area contributed by atoms with E-state index in [0.29, 0.717) is 23.6 Å². The van der Waals surface area contributed by atoms with E-state index >= 15 is 0 Å². The Hall–Kier alpha value is -3.06. The number of piperidine rings is 1. The zero-order valence-electron chi connectivity index (χ0n) is 19.2. The predicted molar refractivity (Wildman–Crippen MR) is 122 cm³/mol. The quantitative estimate of drug-likeness (QED) is 0.603. The van der Waals surface area contributed by atoms with Gasteiger partial charge in [0.1, 0.15) is 5.75 Å². The highest BCUT2D eigenvalue weighted by Gasteiger charge is 2.30. The van der Waals surface area contributed by atoms with E-state index < -0.39 is 0 Å².